The lowest BCUT2D eigenvalue weighted by molar-refractivity contribution is 0.752. The highest BCUT2D eigenvalue weighted by molar-refractivity contribution is 6.38. The van der Waals surface area contributed by atoms with Crippen LogP contribution in [-0.2, 0) is 6.54 Å². The van der Waals surface area contributed by atoms with E-state index in [1.807, 2.05) is 70.2 Å². The van der Waals surface area contributed by atoms with E-state index in [4.69, 9.17) is 11.5 Å². The first-order valence-corrected chi connectivity index (χ1v) is 21.0. The Kier molecular flexibility index (Phi) is 12.7. The minimum absolute atomic E-state index is 0.255. The van der Waals surface area contributed by atoms with Gasteiger partial charge in [0.05, 0.1) is 40.3 Å². The molecular formula is C54H55N5. The van der Waals surface area contributed by atoms with Crippen molar-refractivity contribution in [2.75, 3.05) is 0 Å². The summed E-state index contributed by atoms with van der Waals surface area (Å²) < 4.78 is 5.02. The third kappa shape index (κ3) is 7.51. The largest absolute Gasteiger partial charge is 0.313 e. The van der Waals surface area contributed by atoms with Crippen molar-refractivity contribution in [1.29, 1.82) is 0 Å². The summed E-state index contributed by atoms with van der Waals surface area (Å²) in [5.41, 5.74) is 22.1. The maximum atomic E-state index is 5.44. The van der Waals surface area contributed by atoms with E-state index in [1.54, 1.807) is 0 Å². The first-order valence-electron chi connectivity index (χ1n) is 21.0. The van der Waals surface area contributed by atoms with Gasteiger partial charge in [-0.25, -0.2) is 0 Å². The standard InChI is InChI=1S/C35H22N2.C8H9N.C7H12N2.2C2H6/c1-21-17-19-22(20-18-21)36-30-16-7-5-12-27(30)31-24-10-2-3-11-25(24)32-28-14-8-13-26-23-9-4-6-15-29(23)37(33(26)28)35(32)34(31)36;1-9-7-8-5-3-2-4-6-8;8-7(9)6-4-2-1-3-5-6;2*1-2/h2-20H,1H3;2-6H,1,7H2;1-2,4,7H,3,5,8-9H2;2*1-2H3. The van der Waals surface area contributed by atoms with E-state index >= 15 is 0 Å². The monoisotopic (exact) mass is 773 g/mol. The number of aromatic nitrogens is 2. The van der Waals surface area contributed by atoms with Crippen LogP contribution in [0.4, 0.5) is 0 Å². The third-order valence-electron chi connectivity index (χ3n) is 10.9. The molecule has 59 heavy (non-hydrogen) atoms. The van der Waals surface area contributed by atoms with E-state index in [-0.39, 0.29) is 6.17 Å². The fourth-order valence-corrected chi connectivity index (χ4v) is 8.42. The molecule has 0 spiro atoms. The highest BCUT2D eigenvalue weighted by Crippen LogP contribution is 2.48. The average molecular weight is 774 g/mol. The molecule has 0 unspecified atom stereocenters. The molecule has 11 rings (SSSR count). The maximum Gasteiger partial charge on any atom is 0.0795 e. The molecule has 0 fully saturated rings. The molecule has 296 valence electrons. The molecule has 0 amide bonds. The second-order valence-electron chi connectivity index (χ2n) is 14.3. The van der Waals surface area contributed by atoms with E-state index in [9.17, 15) is 0 Å². The van der Waals surface area contributed by atoms with Crippen molar-refractivity contribution in [3.05, 3.63) is 181 Å². The zero-order valence-electron chi connectivity index (χ0n) is 35.0. The molecular weight excluding hydrogens is 719 g/mol. The van der Waals surface area contributed by atoms with E-state index in [0.29, 0.717) is 0 Å². The van der Waals surface area contributed by atoms with Gasteiger partial charge >= 0.3 is 0 Å². The van der Waals surface area contributed by atoms with Crippen LogP contribution in [0, 0.1) is 6.92 Å². The van der Waals surface area contributed by atoms with Gasteiger partial charge in [-0.1, -0.05) is 173 Å². The Labute approximate surface area is 347 Å². The van der Waals surface area contributed by atoms with Gasteiger partial charge in [-0.3, -0.25) is 4.99 Å². The molecule has 3 heterocycles. The fourth-order valence-electron chi connectivity index (χ4n) is 8.42. The Morgan fingerprint density at radius 2 is 1.14 bits per heavy atom. The SMILES string of the molecule is C=NCc1ccccc1.CC.CC.Cc1ccc(-n2c3ccccc3c3c4ccccc4c4c5cccc6c7ccccc7n(c65)c4c32)cc1.NC(N)C1=CC=CCC1. The maximum absolute atomic E-state index is 5.44. The molecule has 0 saturated carbocycles. The molecule has 1 aliphatic carbocycles. The Morgan fingerprint density at radius 1 is 0.576 bits per heavy atom. The number of hydrogen-bond donors (Lipinski definition) is 2. The van der Waals surface area contributed by atoms with Gasteiger partial charge in [-0.05, 0) is 72.7 Å². The smallest absolute Gasteiger partial charge is 0.0795 e. The molecule has 0 radical (unpaired) electrons. The van der Waals surface area contributed by atoms with E-state index in [1.165, 1.54) is 87.5 Å². The number of nitrogens with two attached hydrogens (primary N) is 2. The number of para-hydroxylation sites is 3. The third-order valence-corrected chi connectivity index (χ3v) is 10.9. The Bertz CT molecular complexity index is 3050. The van der Waals surface area contributed by atoms with Crippen LogP contribution < -0.4 is 11.5 Å². The minimum atomic E-state index is -0.255. The Balaban J connectivity index is 0.000000198. The number of hydrogen-bond acceptors (Lipinski definition) is 3. The lowest BCUT2D eigenvalue weighted by atomic mass is 9.98. The first-order chi connectivity index (χ1) is 29.0. The lowest BCUT2D eigenvalue weighted by Gasteiger charge is -2.11. The van der Waals surface area contributed by atoms with Gasteiger partial charge in [-0.2, -0.15) is 0 Å². The zero-order valence-corrected chi connectivity index (χ0v) is 35.0. The Morgan fingerprint density at radius 3 is 1.75 bits per heavy atom. The molecule has 4 N–H and O–H groups in total. The molecule has 7 aromatic carbocycles. The van der Waals surface area contributed by atoms with Crippen LogP contribution in [0.25, 0.3) is 76.4 Å². The number of fused-ring (bicyclic) bond motifs is 13. The van der Waals surface area contributed by atoms with Gasteiger partial charge in [0.15, 0.2) is 0 Å². The molecule has 0 saturated heterocycles. The number of benzene rings is 7. The molecule has 10 aromatic rings. The molecule has 3 aromatic heterocycles. The number of aliphatic imine (C=N–C) groups is 1. The molecule has 0 aliphatic heterocycles. The summed E-state index contributed by atoms with van der Waals surface area (Å²) in [5.74, 6) is 0. The van der Waals surface area contributed by atoms with E-state index in [2.05, 4.69) is 149 Å². The number of nitrogens with zero attached hydrogens (tertiary/aromatic N) is 3. The van der Waals surface area contributed by atoms with Crippen molar-refractivity contribution < 1.29 is 0 Å². The van der Waals surface area contributed by atoms with Gasteiger partial charge in [0.2, 0.25) is 0 Å². The van der Waals surface area contributed by atoms with Crippen molar-refractivity contribution in [2.24, 2.45) is 16.5 Å². The van der Waals surface area contributed by atoms with Crippen LogP contribution >= 0.6 is 0 Å². The topological polar surface area (TPSA) is 73.7 Å². The minimum Gasteiger partial charge on any atom is -0.313 e. The van der Waals surface area contributed by atoms with Crippen LogP contribution in [0.2, 0.25) is 0 Å². The summed E-state index contributed by atoms with van der Waals surface area (Å²) in [6.07, 6.45) is 7.96. The van der Waals surface area contributed by atoms with Gasteiger partial charge in [-0.15, -0.1) is 0 Å². The van der Waals surface area contributed by atoms with E-state index < -0.39 is 0 Å². The van der Waals surface area contributed by atoms with Crippen LogP contribution in [-0.4, -0.2) is 21.9 Å². The van der Waals surface area contributed by atoms with Crippen molar-refractivity contribution in [2.45, 2.75) is 60.2 Å². The van der Waals surface area contributed by atoms with E-state index in [0.717, 1.165) is 25.0 Å². The summed E-state index contributed by atoms with van der Waals surface area (Å²) in [6.45, 7) is 14.3. The normalized spacial score (nSPS) is 12.2. The summed E-state index contributed by atoms with van der Waals surface area (Å²) in [6, 6.07) is 52.5. The molecule has 1 aliphatic rings. The number of allylic oxidation sites excluding steroid dienone is 3. The first kappa shape index (κ1) is 40.7. The highest BCUT2D eigenvalue weighted by atomic mass is 15.0. The second-order valence-corrected chi connectivity index (χ2v) is 14.3. The summed E-state index contributed by atoms with van der Waals surface area (Å²) in [4.78, 5) is 3.76. The van der Waals surface area contributed by atoms with Gasteiger partial charge < -0.3 is 20.4 Å². The van der Waals surface area contributed by atoms with Crippen molar-refractivity contribution >= 4 is 77.4 Å². The van der Waals surface area contributed by atoms with Gasteiger partial charge in [0.1, 0.15) is 0 Å². The average Bonchev–Trinajstić information content (AvgIpc) is 3.95. The van der Waals surface area contributed by atoms with Crippen LogP contribution in [0.5, 0.6) is 0 Å². The molecule has 0 bridgehead atoms. The van der Waals surface area contributed by atoms with Crippen LogP contribution in [0.3, 0.4) is 0 Å². The summed E-state index contributed by atoms with van der Waals surface area (Å²) in [7, 11) is 0. The quantitative estimate of drug-likeness (QED) is 0.138. The van der Waals surface area contributed by atoms with Crippen LogP contribution in [0.1, 0.15) is 51.7 Å². The molecule has 5 nitrogen and oxygen atoms in total. The van der Waals surface area contributed by atoms with Crippen molar-refractivity contribution in [1.82, 2.24) is 8.97 Å². The zero-order chi connectivity index (χ0) is 41.5. The molecule has 0 atom stereocenters. The van der Waals surface area contributed by atoms with Crippen LogP contribution in [0.15, 0.2) is 174 Å². The summed E-state index contributed by atoms with van der Waals surface area (Å²) in [5, 5.41) is 10.5. The predicted molar refractivity (Wildman–Crippen MR) is 259 cm³/mol. The predicted octanol–water partition coefficient (Wildman–Crippen LogP) is 13.8. The highest BCUT2D eigenvalue weighted by Gasteiger charge is 2.25. The van der Waals surface area contributed by atoms with Crippen molar-refractivity contribution in [3.8, 4) is 5.69 Å². The van der Waals surface area contributed by atoms with Gasteiger partial charge in [0.25, 0.3) is 0 Å². The Hall–Kier alpha value is -6.53. The number of aryl methyl sites for hydroxylation is 1. The van der Waals surface area contributed by atoms with Gasteiger partial charge in [0, 0.05) is 38.0 Å². The van der Waals surface area contributed by atoms with Crippen molar-refractivity contribution in [3.63, 3.8) is 0 Å². The number of rotatable bonds is 4. The molecule has 5 heteroatoms. The second kappa shape index (κ2) is 18.4. The fraction of sp³-hybridized carbons (Fsp3) is 0.167. The lowest BCUT2D eigenvalue weighted by Crippen LogP contribution is -2.32. The summed E-state index contributed by atoms with van der Waals surface area (Å²) >= 11 is 0.